The molecular weight excluding hydrogens is 791 g/mol. The van der Waals surface area contributed by atoms with Crippen molar-refractivity contribution in [2.75, 3.05) is 70.1 Å². The third-order valence-corrected chi connectivity index (χ3v) is 12.3. The first-order chi connectivity index (χ1) is 28.0. The monoisotopic (exact) mass is 839 g/mol. The van der Waals surface area contributed by atoms with Crippen LogP contribution in [0.5, 0.6) is 0 Å². The SMILES string of the molecule is C=CC(=O)Nc1cc(N2C[C@H](CS(C)(=O)=O)[C@H]2C)c2cnc(Nc3ccnc(N4CC[C@@H](OC5CCN(c6cccc(C(F)(F)F)n6)CC5)[C@@H](F)C4)c3)nc2c1C(C)C. The molecular formula is C41H49F4N9O4S. The van der Waals surface area contributed by atoms with Crippen molar-refractivity contribution in [2.45, 2.75) is 76.5 Å². The molecule has 0 saturated carbocycles. The number of fused-ring (bicyclic) bond motifs is 1. The van der Waals surface area contributed by atoms with Crippen molar-refractivity contribution in [3.05, 3.63) is 72.7 Å². The molecule has 3 aromatic heterocycles. The molecule has 0 spiro atoms. The zero-order valence-electron chi connectivity index (χ0n) is 33.4. The summed E-state index contributed by atoms with van der Waals surface area (Å²) in [4.78, 5) is 36.3. The molecule has 0 bridgehead atoms. The summed E-state index contributed by atoms with van der Waals surface area (Å²) in [5, 5.41) is 6.98. The summed E-state index contributed by atoms with van der Waals surface area (Å²) in [6, 6.07) is 9.26. The average Bonchev–Trinajstić information content (AvgIpc) is 3.19. The van der Waals surface area contributed by atoms with E-state index in [1.807, 2.05) is 31.7 Å². The zero-order chi connectivity index (χ0) is 42.2. The van der Waals surface area contributed by atoms with Gasteiger partial charge >= 0.3 is 6.18 Å². The normalized spacial score (nSPS) is 21.7. The first-order valence-electron chi connectivity index (χ1n) is 19.8. The Morgan fingerprint density at radius 1 is 1.03 bits per heavy atom. The van der Waals surface area contributed by atoms with Gasteiger partial charge in [0.05, 0.1) is 35.7 Å². The van der Waals surface area contributed by atoms with Crippen LogP contribution in [-0.2, 0) is 25.5 Å². The molecule has 6 heterocycles. The Labute approximate surface area is 341 Å². The smallest absolute Gasteiger partial charge is 0.372 e. The van der Waals surface area contributed by atoms with Crippen molar-refractivity contribution in [1.29, 1.82) is 0 Å². The number of amides is 1. The lowest BCUT2D eigenvalue weighted by Crippen LogP contribution is -2.57. The first-order valence-corrected chi connectivity index (χ1v) is 21.8. The summed E-state index contributed by atoms with van der Waals surface area (Å²) < 4.78 is 85.6. The number of rotatable bonds is 12. The van der Waals surface area contributed by atoms with E-state index >= 15 is 4.39 Å². The minimum atomic E-state index is -4.52. The Kier molecular flexibility index (Phi) is 12.0. The van der Waals surface area contributed by atoms with E-state index < -0.39 is 34.0 Å². The first kappa shape index (κ1) is 42.0. The van der Waals surface area contributed by atoms with E-state index in [-0.39, 0.29) is 48.0 Å². The van der Waals surface area contributed by atoms with Gasteiger partial charge in [-0.15, -0.1) is 0 Å². The van der Waals surface area contributed by atoms with Crippen LogP contribution in [0.4, 0.5) is 52.2 Å². The van der Waals surface area contributed by atoms with E-state index in [2.05, 4.69) is 37.1 Å². The van der Waals surface area contributed by atoms with Crippen LogP contribution in [0.3, 0.4) is 0 Å². The Morgan fingerprint density at radius 3 is 2.44 bits per heavy atom. The van der Waals surface area contributed by atoms with Gasteiger partial charge in [-0.25, -0.2) is 32.7 Å². The van der Waals surface area contributed by atoms with Gasteiger partial charge in [0.25, 0.3) is 0 Å². The van der Waals surface area contributed by atoms with Gasteiger partial charge in [-0.3, -0.25) is 4.79 Å². The Balaban J connectivity index is 1.03. The topological polar surface area (TPSA) is 146 Å². The number of nitrogens with zero attached hydrogens (tertiary/aromatic N) is 7. The van der Waals surface area contributed by atoms with Crippen LogP contribution in [0, 0.1) is 5.92 Å². The fourth-order valence-corrected chi connectivity index (χ4v) is 9.38. The lowest BCUT2D eigenvalue weighted by Gasteiger charge is -2.48. The standard InChI is InChI=1S/C41H49F4N9O4S/c1-6-37(55)49-31-19-32(54-21-26(25(54)4)23-59(5,56)57)29-20-47-40(51-39(29)38(31)24(2)3)48-27-10-14-46-36(18-27)53-17-13-33(30(42)22-53)58-28-11-15-52(16-12-28)35-9-7-8-34(50-35)41(43,44)45/h6-10,14,18-20,24-26,28,30,33H,1,11-13,15-17,21-23H2,2-5H3,(H,49,55)(H,46,47,48,51)/t25-,26-,30+,33-/m1/s1. The van der Waals surface area contributed by atoms with Gasteiger partial charge in [-0.05, 0) is 62.4 Å². The van der Waals surface area contributed by atoms with Crippen LogP contribution in [0.2, 0.25) is 0 Å². The molecule has 3 aliphatic heterocycles. The number of pyridine rings is 2. The molecule has 3 fully saturated rings. The second-order valence-corrected chi connectivity index (χ2v) is 18.1. The Bertz CT molecular complexity index is 2310. The fraction of sp³-hybridized carbons (Fsp3) is 0.488. The van der Waals surface area contributed by atoms with E-state index in [0.717, 1.165) is 22.7 Å². The summed E-state index contributed by atoms with van der Waals surface area (Å²) in [7, 11) is -3.17. The number of aromatic nitrogens is 4. The summed E-state index contributed by atoms with van der Waals surface area (Å²) in [6.45, 7) is 11.6. The van der Waals surface area contributed by atoms with Crippen molar-refractivity contribution in [3.8, 4) is 0 Å². The fourth-order valence-electron chi connectivity index (χ4n) is 8.22. The Hall–Kier alpha value is -5.10. The van der Waals surface area contributed by atoms with Gasteiger partial charge in [0.1, 0.15) is 33.3 Å². The number of alkyl halides is 4. The van der Waals surface area contributed by atoms with Gasteiger partial charge in [0.2, 0.25) is 11.9 Å². The molecule has 18 heteroatoms. The number of nitrogens with one attached hydrogen (secondary N) is 2. The van der Waals surface area contributed by atoms with Crippen molar-refractivity contribution in [2.24, 2.45) is 5.92 Å². The molecule has 316 valence electrons. The van der Waals surface area contributed by atoms with Crippen LogP contribution in [-0.4, -0.2) is 103 Å². The minimum absolute atomic E-state index is 0.0462. The van der Waals surface area contributed by atoms with Crippen molar-refractivity contribution < 1.29 is 35.5 Å². The lowest BCUT2D eigenvalue weighted by molar-refractivity contribution is -0.141. The molecule has 4 atom stereocenters. The van der Waals surface area contributed by atoms with Crippen LogP contribution in [0.15, 0.2) is 61.4 Å². The highest BCUT2D eigenvalue weighted by atomic mass is 32.2. The average molecular weight is 840 g/mol. The molecule has 0 radical (unpaired) electrons. The summed E-state index contributed by atoms with van der Waals surface area (Å²) in [5.41, 5.74) is 2.49. The second kappa shape index (κ2) is 16.9. The van der Waals surface area contributed by atoms with Crippen LogP contribution in [0.25, 0.3) is 10.9 Å². The number of carbonyl (C=O) groups excluding carboxylic acids is 1. The molecule has 2 N–H and O–H groups in total. The molecule has 4 aromatic rings. The number of benzene rings is 1. The molecule has 3 aliphatic rings. The highest BCUT2D eigenvalue weighted by Gasteiger charge is 2.39. The largest absolute Gasteiger partial charge is 0.433 e. The van der Waals surface area contributed by atoms with Gasteiger partial charge in [0, 0.05) is 85.2 Å². The van der Waals surface area contributed by atoms with E-state index in [9.17, 15) is 26.4 Å². The number of carbonyl (C=O) groups is 1. The predicted molar refractivity (Wildman–Crippen MR) is 221 cm³/mol. The highest BCUT2D eigenvalue weighted by Crippen LogP contribution is 2.43. The summed E-state index contributed by atoms with van der Waals surface area (Å²) >= 11 is 0. The molecule has 59 heavy (non-hydrogen) atoms. The highest BCUT2D eigenvalue weighted by molar-refractivity contribution is 7.90. The molecule has 13 nitrogen and oxygen atoms in total. The van der Waals surface area contributed by atoms with E-state index in [4.69, 9.17) is 9.72 Å². The van der Waals surface area contributed by atoms with Crippen LogP contribution >= 0.6 is 0 Å². The maximum atomic E-state index is 15.7. The maximum absolute atomic E-state index is 15.7. The zero-order valence-corrected chi connectivity index (χ0v) is 34.2. The molecule has 0 aliphatic carbocycles. The summed E-state index contributed by atoms with van der Waals surface area (Å²) in [6.07, 6.45) is 0.682. The Morgan fingerprint density at radius 2 is 1.78 bits per heavy atom. The number of ether oxygens (including phenoxy) is 1. The van der Waals surface area contributed by atoms with Crippen molar-refractivity contribution in [3.63, 3.8) is 0 Å². The van der Waals surface area contributed by atoms with E-state index in [1.54, 1.807) is 35.5 Å². The van der Waals surface area contributed by atoms with Crippen LogP contribution in [0.1, 0.15) is 57.2 Å². The molecule has 7 rings (SSSR count). The van der Waals surface area contributed by atoms with Crippen molar-refractivity contribution in [1.82, 2.24) is 19.9 Å². The minimum Gasteiger partial charge on any atom is -0.372 e. The molecule has 1 aromatic carbocycles. The predicted octanol–water partition coefficient (Wildman–Crippen LogP) is 6.90. The molecule has 3 saturated heterocycles. The van der Waals surface area contributed by atoms with Gasteiger partial charge in [0.15, 0.2) is 0 Å². The number of anilines is 6. The van der Waals surface area contributed by atoms with Gasteiger partial charge < -0.3 is 30.1 Å². The third-order valence-electron chi connectivity index (χ3n) is 11.3. The van der Waals surface area contributed by atoms with E-state index in [1.165, 1.54) is 18.4 Å². The number of piperidine rings is 2. The summed E-state index contributed by atoms with van der Waals surface area (Å²) in [5.74, 6) is 0.740. The molecule has 1 amide bonds. The van der Waals surface area contributed by atoms with Gasteiger partial charge in [-0.2, -0.15) is 13.2 Å². The lowest BCUT2D eigenvalue weighted by atomic mass is 9.89. The van der Waals surface area contributed by atoms with Crippen molar-refractivity contribution >= 4 is 61.3 Å². The maximum Gasteiger partial charge on any atom is 0.433 e. The number of hydrogen-bond acceptors (Lipinski definition) is 12. The van der Waals surface area contributed by atoms with E-state index in [0.29, 0.717) is 74.1 Å². The van der Waals surface area contributed by atoms with Crippen LogP contribution < -0.4 is 25.3 Å². The third kappa shape index (κ3) is 9.53. The quantitative estimate of drug-likeness (QED) is 0.113. The number of sulfone groups is 1. The van der Waals surface area contributed by atoms with Gasteiger partial charge in [-0.1, -0.05) is 26.5 Å². The number of halogens is 4. The second-order valence-electron chi connectivity index (χ2n) is 15.9. The number of hydrogen-bond donors (Lipinski definition) is 2. The molecule has 0 unspecified atom stereocenters.